The van der Waals surface area contributed by atoms with Gasteiger partial charge >= 0.3 is 0 Å². The summed E-state index contributed by atoms with van der Waals surface area (Å²) in [6.07, 6.45) is 1.07. The molecule has 2 rings (SSSR count). The number of aryl methyl sites for hydroxylation is 1. The SMILES string of the molecule is Cc1cc(OC(C)C)nc(NC2(C)CCOC2)n1. The molecular formula is C13H21N3O2. The molecule has 1 fully saturated rings. The number of aromatic nitrogens is 2. The molecule has 0 amide bonds. The van der Waals surface area contributed by atoms with Crippen LogP contribution in [-0.4, -0.2) is 34.8 Å². The Kier molecular flexibility index (Phi) is 3.71. The molecule has 1 aromatic rings. The Labute approximate surface area is 108 Å². The normalized spacial score (nSPS) is 23.4. The van der Waals surface area contributed by atoms with Gasteiger partial charge in [0.25, 0.3) is 0 Å². The van der Waals surface area contributed by atoms with Crippen molar-refractivity contribution < 1.29 is 9.47 Å². The van der Waals surface area contributed by atoms with Gasteiger partial charge in [0.05, 0.1) is 18.2 Å². The van der Waals surface area contributed by atoms with E-state index in [2.05, 4.69) is 22.2 Å². The van der Waals surface area contributed by atoms with Crippen LogP contribution in [0, 0.1) is 6.92 Å². The molecule has 1 unspecified atom stereocenters. The average Bonchev–Trinajstić information content (AvgIpc) is 2.62. The zero-order valence-electron chi connectivity index (χ0n) is 11.5. The molecule has 5 nitrogen and oxygen atoms in total. The minimum absolute atomic E-state index is 0.0805. The maximum Gasteiger partial charge on any atom is 0.226 e. The van der Waals surface area contributed by atoms with Gasteiger partial charge in [0.15, 0.2) is 0 Å². The molecular weight excluding hydrogens is 230 g/mol. The van der Waals surface area contributed by atoms with Crippen LogP contribution in [-0.2, 0) is 4.74 Å². The fourth-order valence-electron chi connectivity index (χ4n) is 1.93. The summed E-state index contributed by atoms with van der Waals surface area (Å²) in [7, 11) is 0. The van der Waals surface area contributed by atoms with Gasteiger partial charge < -0.3 is 14.8 Å². The standard InChI is InChI=1S/C13H21N3O2/c1-9(2)18-11-7-10(3)14-12(15-11)16-13(4)5-6-17-8-13/h7,9H,5-6,8H2,1-4H3,(H,14,15,16). The molecule has 18 heavy (non-hydrogen) atoms. The molecule has 0 radical (unpaired) electrons. The van der Waals surface area contributed by atoms with Gasteiger partial charge in [0.1, 0.15) is 0 Å². The van der Waals surface area contributed by atoms with E-state index < -0.39 is 0 Å². The average molecular weight is 251 g/mol. The molecule has 0 spiro atoms. The summed E-state index contributed by atoms with van der Waals surface area (Å²) in [6, 6.07) is 1.85. The molecule has 0 bridgehead atoms. The van der Waals surface area contributed by atoms with E-state index in [-0.39, 0.29) is 11.6 Å². The van der Waals surface area contributed by atoms with Crippen LogP contribution in [0.25, 0.3) is 0 Å². The van der Waals surface area contributed by atoms with Gasteiger partial charge in [-0.25, -0.2) is 4.98 Å². The van der Waals surface area contributed by atoms with Gasteiger partial charge in [-0.3, -0.25) is 0 Å². The van der Waals surface area contributed by atoms with Gasteiger partial charge in [0.2, 0.25) is 11.8 Å². The number of hydrogen-bond acceptors (Lipinski definition) is 5. The van der Waals surface area contributed by atoms with Gasteiger partial charge in [-0.15, -0.1) is 0 Å². The third-order valence-electron chi connectivity index (χ3n) is 2.82. The number of hydrogen-bond donors (Lipinski definition) is 1. The van der Waals surface area contributed by atoms with Crippen molar-refractivity contribution in [1.82, 2.24) is 9.97 Å². The second-order valence-electron chi connectivity index (χ2n) is 5.33. The van der Waals surface area contributed by atoms with E-state index in [0.29, 0.717) is 18.4 Å². The number of anilines is 1. The lowest BCUT2D eigenvalue weighted by atomic mass is 10.0. The fraction of sp³-hybridized carbons (Fsp3) is 0.692. The predicted molar refractivity (Wildman–Crippen MR) is 70.0 cm³/mol. The van der Waals surface area contributed by atoms with Crippen molar-refractivity contribution in [3.8, 4) is 5.88 Å². The smallest absolute Gasteiger partial charge is 0.226 e. The van der Waals surface area contributed by atoms with Crippen molar-refractivity contribution in [2.24, 2.45) is 0 Å². The number of ether oxygens (including phenoxy) is 2. The maximum absolute atomic E-state index is 5.61. The minimum Gasteiger partial charge on any atom is -0.475 e. The molecule has 2 heterocycles. The lowest BCUT2D eigenvalue weighted by molar-refractivity contribution is 0.185. The van der Waals surface area contributed by atoms with Crippen molar-refractivity contribution in [1.29, 1.82) is 0 Å². The Morgan fingerprint density at radius 3 is 2.83 bits per heavy atom. The summed E-state index contributed by atoms with van der Waals surface area (Å²) in [5.41, 5.74) is 0.814. The second kappa shape index (κ2) is 5.10. The van der Waals surface area contributed by atoms with E-state index in [4.69, 9.17) is 9.47 Å². The third kappa shape index (κ3) is 3.32. The first-order valence-electron chi connectivity index (χ1n) is 6.35. The van der Waals surface area contributed by atoms with E-state index in [0.717, 1.165) is 18.7 Å². The molecule has 1 aromatic heterocycles. The Hall–Kier alpha value is -1.36. The summed E-state index contributed by atoms with van der Waals surface area (Å²) in [6.45, 7) is 9.49. The van der Waals surface area contributed by atoms with Gasteiger partial charge in [0, 0.05) is 18.4 Å². The molecule has 100 valence electrons. The molecule has 0 aromatic carbocycles. The first kappa shape index (κ1) is 13.1. The van der Waals surface area contributed by atoms with Gasteiger partial charge in [-0.1, -0.05) is 0 Å². The Balaban J connectivity index is 2.14. The van der Waals surface area contributed by atoms with Crippen LogP contribution in [0.4, 0.5) is 5.95 Å². The third-order valence-corrected chi connectivity index (χ3v) is 2.82. The molecule has 1 saturated heterocycles. The molecule has 0 saturated carbocycles. The summed E-state index contributed by atoms with van der Waals surface area (Å²) >= 11 is 0. The zero-order valence-corrected chi connectivity index (χ0v) is 11.5. The topological polar surface area (TPSA) is 56.3 Å². The Bertz CT molecular complexity index is 415. The first-order valence-corrected chi connectivity index (χ1v) is 6.35. The van der Waals surface area contributed by atoms with Crippen LogP contribution >= 0.6 is 0 Å². The molecule has 1 N–H and O–H groups in total. The van der Waals surface area contributed by atoms with Crippen molar-refractivity contribution >= 4 is 5.95 Å². The summed E-state index contributed by atoms with van der Waals surface area (Å²) in [5.74, 6) is 1.22. The van der Waals surface area contributed by atoms with Crippen LogP contribution in [0.2, 0.25) is 0 Å². The highest BCUT2D eigenvalue weighted by Crippen LogP contribution is 2.23. The lowest BCUT2D eigenvalue weighted by Crippen LogP contribution is -2.35. The van der Waals surface area contributed by atoms with E-state index in [1.54, 1.807) is 0 Å². The van der Waals surface area contributed by atoms with Crippen LogP contribution in [0.15, 0.2) is 6.07 Å². The summed E-state index contributed by atoms with van der Waals surface area (Å²) < 4.78 is 11.0. The molecule has 1 atom stereocenters. The van der Waals surface area contributed by atoms with E-state index in [1.807, 2.05) is 26.8 Å². The minimum atomic E-state index is -0.0805. The maximum atomic E-state index is 5.61. The van der Waals surface area contributed by atoms with Crippen molar-refractivity contribution in [2.45, 2.75) is 45.8 Å². The van der Waals surface area contributed by atoms with Crippen LogP contribution in [0.3, 0.4) is 0 Å². The van der Waals surface area contributed by atoms with Crippen LogP contribution < -0.4 is 10.1 Å². The highest BCUT2D eigenvalue weighted by Gasteiger charge is 2.30. The Morgan fingerprint density at radius 2 is 2.22 bits per heavy atom. The fourth-order valence-corrected chi connectivity index (χ4v) is 1.93. The van der Waals surface area contributed by atoms with Crippen molar-refractivity contribution in [3.63, 3.8) is 0 Å². The highest BCUT2D eigenvalue weighted by atomic mass is 16.5. The largest absolute Gasteiger partial charge is 0.475 e. The molecule has 1 aliphatic heterocycles. The molecule has 1 aliphatic rings. The van der Waals surface area contributed by atoms with E-state index in [9.17, 15) is 0 Å². The molecule has 5 heteroatoms. The van der Waals surface area contributed by atoms with Gasteiger partial charge in [-0.2, -0.15) is 4.98 Å². The van der Waals surface area contributed by atoms with Crippen LogP contribution in [0.5, 0.6) is 5.88 Å². The number of nitrogens with zero attached hydrogens (tertiary/aromatic N) is 2. The number of nitrogens with one attached hydrogen (secondary N) is 1. The summed E-state index contributed by atoms with van der Waals surface area (Å²) in [4.78, 5) is 8.77. The van der Waals surface area contributed by atoms with Crippen molar-refractivity contribution in [3.05, 3.63) is 11.8 Å². The lowest BCUT2D eigenvalue weighted by Gasteiger charge is -2.23. The zero-order chi connectivity index (χ0) is 13.2. The predicted octanol–water partition coefficient (Wildman–Crippen LogP) is 2.16. The van der Waals surface area contributed by atoms with E-state index in [1.165, 1.54) is 0 Å². The second-order valence-corrected chi connectivity index (χ2v) is 5.33. The highest BCUT2D eigenvalue weighted by molar-refractivity contribution is 5.34. The monoisotopic (exact) mass is 251 g/mol. The first-order chi connectivity index (χ1) is 8.47. The van der Waals surface area contributed by atoms with E-state index >= 15 is 0 Å². The quantitative estimate of drug-likeness (QED) is 0.888. The van der Waals surface area contributed by atoms with Crippen molar-refractivity contribution in [2.75, 3.05) is 18.5 Å². The van der Waals surface area contributed by atoms with Crippen LogP contribution in [0.1, 0.15) is 32.9 Å². The van der Waals surface area contributed by atoms with Gasteiger partial charge in [-0.05, 0) is 34.1 Å². The Morgan fingerprint density at radius 1 is 1.44 bits per heavy atom. The molecule has 0 aliphatic carbocycles. The number of rotatable bonds is 4. The summed E-state index contributed by atoms with van der Waals surface area (Å²) in [5, 5.41) is 3.34.